The molecule has 1 rings (SSSR count). The van der Waals surface area contributed by atoms with Crippen LogP contribution in [0.3, 0.4) is 0 Å². The molecule has 0 radical (unpaired) electrons. The molecule has 0 aromatic heterocycles. The van der Waals surface area contributed by atoms with E-state index in [0.29, 0.717) is 25.4 Å². The zero-order chi connectivity index (χ0) is 13.6. The van der Waals surface area contributed by atoms with Gasteiger partial charge in [-0.25, -0.2) is 0 Å². The van der Waals surface area contributed by atoms with Crippen molar-refractivity contribution in [3.8, 4) is 0 Å². The van der Waals surface area contributed by atoms with Crippen LogP contribution < -0.4 is 4.72 Å². The Morgan fingerprint density at radius 1 is 1.22 bits per heavy atom. The van der Waals surface area contributed by atoms with Crippen LogP contribution in [0.5, 0.6) is 0 Å². The molecule has 6 heteroatoms. The SMILES string of the molecule is CCC(C)(CCCl)NS(=O)(=O)N1CCCCCC1. The van der Waals surface area contributed by atoms with E-state index in [9.17, 15) is 8.42 Å². The van der Waals surface area contributed by atoms with E-state index in [4.69, 9.17) is 11.6 Å². The summed E-state index contributed by atoms with van der Waals surface area (Å²) in [5.74, 6) is 0.465. The maximum absolute atomic E-state index is 12.4. The minimum atomic E-state index is -3.37. The fraction of sp³-hybridized carbons (Fsp3) is 1.00. The number of nitrogens with one attached hydrogen (secondary N) is 1. The maximum Gasteiger partial charge on any atom is 0.279 e. The van der Waals surface area contributed by atoms with Crippen molar-refractivity contribution >= 4 is 21.8 Å². The lowest BCUT2D eigenvalue weighted by Gasteiger charge is -2.32. The van der Waals surface area contributed by atoms with Crippen LogP contribution in [0, 0.1) is 0 Å². The molecular formula is C12H25ClN2O2S. The Labute approximate surface area is 116 Å². The van der Waals surface area contributed by atoms with Crippen LogP contribution in [-0.4, -0.2) is 37.2 Å². The van der Waals surface area contributed by atoms with Crippen molar-refractivity contribution in [2.75, 3.05) is 19.0 Å². The second kappa shape index (κ2) is 7.08. The summed E-state index contributed by atoms with van der Waals surface area (Å²) in [7, 11) is -3.37. The van der Waals surface area contributed by atoms with E-state index >= 15 is 0 Å². The minimum absolute atomic E-state index is 0.438. The summed E-state index contributed by atoms with van der Waals surface area (Å²) in [5, 5.41) is 0. The highest BCUT2D eigenvalue weighted by Gasteiger charge is 2.31. The predicted molar refractivity (Wildman–Crippen MR) is 76.1 cm³/mol. The molecule has 0 saturated carbocycles. The summed E-state index contributed by atoms with van der Waals surface area (Å²) in [6.45, 7) is 5.17. The van der Waals surface area contributed by atoms with Gasteiger partial charge in [-0.2, -0.15) is 17.4 Å². The first kappa shape index (κ1) is 16.2. The molecule has 1 aliphatic rings. The third-order valence-corrected chi connectivity index (χ3v) is 5.69. The first-order valence-corrected chi connectivity index (χ1v) is 8.76. The van der Waals surface area contributed by atoms with Crippen LogP contribution in [0.25, 0.3) is 0 Å². The highest BCUT2D eigenvalue weighted by atomic mass is 35.5. The van der Waals surface area contributed by atoms with Gasteiger partial charge in [0.15, 0.2) is 0 Å². The van der Waals surface area contributed by atoms with E-state index in [-0.39, 0.29) is 0 Å². The van der Waals surface area contributed by atoms with Crippen molar-refractivity contribution in [1.29, 1.82) is 0 Å². The average molecular weight is 297 g/mol. The first-order valence-electron chi connectivity index (χ1n) is 6.78. The third kappa shape index (κ3) is 4.68. The number of hydrogen-bond donors (Lipinski definition) is 1. The van der Waals surface area contributed by atoms with E-state index in [1.807, 2.05) is 13.8 Å². The molecule has 0 spiro atoms. The van der Waals surface area contributed by atoms with Crippen molar-refractivity contribution < 1.29 is 8.42 Å². The Kier molecular flexibility index (Phi) is 6.38. The van der Waals surface area contributed by atoms with Gasteiger partial charge in [-0.05, 0) is 32.6 Å². The van der Waals surface area contributed by atoms with Gasteiger partial charge in [-0.15, -0.1) is 11.6 Å². The molecule has 1 unspecified atom stereocenters. The molecule has 0 aromatic carbocycles. The van der Waals surface area contributed by atoms with Crippen LogP contribution >= 0.6 is 11.6 Å². The highest BCUT2D eigenvalue weighted by Crippen LogP contribution is 2.19. The van der Waals surface area contributed by atoms with Gasteiger partial charge in [0.25, 0.3) is 10.2 Å². The van der Waals surface area contributed by atoms with E-state index in [0.717, 1.165) is 32.1 Å². The number of alkyl halides is 1. The molecule has 1 saturated heterocycles. The number of halogens is 1. The molecule has 0 bridgehead atoms. The van der Waals surface area contributed by atoms with Crippen molar-refractivity contribution in [3.05, 3.63) is 0 Å². The van der Waals surface area contributed by atoms with Gasteiger partial charge in [-0.3, -0.25) is 0 Å². The van der Waals surface area contributed by atoms with Gasteiger partial charge in [0.05, 0.1) is 0 Å². The Morgan fingerprint density at radius 3 is 2.22 bits per heavy atom. The predicted octanol–water partition coefficient (Wildman–Crippen LogP) is 2.49. The molecule has 1 atom stereocenters. The largest absolute Gasteiger partial charge is 0.279 e. The van der Waals surface area contributed by atoms with Gasteiger partial charge in [-0.1, -0.05) is 19.8 Å². The smallest absolute Gasteiger partial charge is 0.196 e. The van der Waals surface area contributed by atoms with E-state index in [1.165, 1.54) is 0 Å². The number of rotatable bonds is 6. The minimum Gasteiger partial charge on any atom is -0.196 e. The maximum atomic E-state index is 12.4. The summed E-state index contributed by atoms with van der Waals surface area (Å²) >= 11 is 5.76. The monoisotopic (exact) mass is 296 g/mol. The standard InChI is InChI=1S/C12H25ClN2O2S/c1-3-12(2,8-9-13)14-18(16,17)15-10-6-4-5-7-11-15/h14H,3-11H2,1-2H3. The van der Waals surface area contributed by atoms with Crippen molar-refractivity contribution in [3.63, 3.8) is 0 Å². The first-order chi connectivity index (χ1) is 8.43. The van der Waals surface area contributed by atoms with E-state index in [1.54, 1.807) is 4.31 Å². The van der Waals surface area contributed by atoms with Crippen LogP contribution in [0.15, 0.2) is 0 Å². The van der Waals surface area contributed by atoms with Crippen molar-refractivity contribution in [2.24, 2.45) is 0 Å². The number of hydrogen-bond acceptors (Lipinski definition) is 2. The molecule has 108 valence electrons. The molecule has 18 heavy (non-hydrogen) atoms. The molecule has 1 N–H and O–H groups in total. The Morgan fingerprint density at radius 2 is 1.78 bits per heavy atom. The van der Waals surface area contributed by atoms with Crippen LogP contribution in [-0.2, 0) is 10.2 Å². The summed E-state index contributed by atoms with van der Waals surface area (Å²) in [5.41, 5.74) is -0.438. The molecule has 0 amide bonds. The lowest BCUT2D eigenvalue weighted by molar-refractivity contribution is 0.355. The summed E-state index contributed by atoms with van der Waals surface area (Å²) < 4.78 is 29.1. The number of nitrogens with zero attached hydrogens (tertiary/aromatic N) is 1. The Balaban J connectivity index is 2.72. The quantitative estimate of drug-likeness (QED) is 0.766. The zero-order valence-corrected chi connectivity index (χ0v) is 13.0. The lowest BCUT2D eigenvalue weighted by Crippen LogP contribution is -2.52. The lowest BCUT2D eigenvalue weighted by atomic mass is 9.97. The third-order valence-electron chi connectivity index (χ3n) is 3.71. The Bertz CT molecular complexity index is 340. The van der Waals surface area contributed by atoms with Gasteiger partial charge >= 0.3 is 0 Å². The van der Waals surface area contributed by atoms with Gasteiger partial charge in [0.2, 0.25) is 0 Å². The molecule has 4 nitrogen and oxygen atoms in total. The topological polar surface area (TPSA) is 49.4 Å². The second-order valence-electron chi connectivity index (χ2n) is 5.27. The molecule has 1 fully saturated rings. The van der Waals surface area contributed by atoms with Crippen molar-refractivity contribution in [2.45, 2.75) is 57.9 Å². The van der Waals surface area contributed by atoms with E-state index < -0.39 is 15.7 Å². The van der Waals surface area contributed by atoms with Crippen LogP contribution in [0.1, 0.15) is 52.4 Å². The van der Waals surface area contributed by atoms with Gasteiger partial charge in [0, 0.05) is 24.5 Å². The normalized spacial score (nSPS) is 22.4. The summed E-state index contributed by atoms with van der Waals surface area (Å²) in [6, 6.07) is 0. The molecule has 1 heterocycles. The van der Waals surface area contributed by atoms with E-state index in [2.05, 4.69) is 4.72 Å². The van der Waals surface area contributed by atoms with Crippen LogP contribution in [0.2, 0.25) is 0 Å². The molecular weight excluding hydrogens is 272 g/mol. The van der Waals surface area contributed by atoms with Crippen LogP contribution in [0.4, 0.5) is 0 Å². The zero-order valence-electron chi connectivity index (χ0n) is 11.4. The summed E-state index contributed by atoms with van der Waals surface area (Å²) in [6.07, 6.45) is 5.56. The molecule has 0 aromatic rings. The molecule has 0 aliphatic carbocycles. The van der Waals surface area contributed by atoms with Gasteiger partial charge in [0.1, 0.15) is 0 Å². The highest BCUT2D eigenvalue weighted by molar-refractivity contribution is 7.87. The van der Waals surface area contributed by atoms with Gasteiger partial charge < -0.3 is 0 Å². The fourth-order valence-electron chi connectivity index (χ4n) is 2.17. The molecule has 1 aliphatic heterocycles. The average Bonchev–Trinajstić information content (AvgIpc) is 2.57. The fourth-order valence-corrected chi connectivity index (χ4v) is 4.32. The summed E-state index contributed by atoms with van der Waals surface area (Å²) in [4.78, 5) is 0. The Hall–Kier alpha value is 0.160. The second-order valence-corrected chi connectivity index (χ2v) is 7.32. The van der Waals surface area contributed by atoms with Crippen molar-refractivity contribution in [1.82, 2.24) is 9.03 Å².